The first-order valence-corrected chi connectivity index (χ1v) is 10.3. The maximum atomic E-state index is 11.9. The molecule has 0 radical (unpaired) electrons. The SMILES string of the molecule is O=S(=O)(C=Cc1ccccc1)OP(CO)(CO)(CO)CO. The molecule has 0 saturated heterocycles. The molecule has 0 aliphatic carbocycles. The second-order valence-electron chi connectivity index (χ2n) is 4.70. The fourth-order valence-corrected chi connectivity index (χ4v) is 5.57. The van der Waals surface area contributed by atoms with Gasteiger partial charge in [-0.1, -0.05) is 0 Å². The molecule has 1 aromatic rings. The average Bonchev–Trinajstić information content (AvgIpc) is 2.53. The molecule has 21 heavy (non-hydrogen) atoms. The van der Waals surface area contributed by atoms with Crippen LogP contribution in [0.15, 0.2) is 35.7 Å². The van der Waals surface area contributed by atoms with Crippen LogP contribution in [0.5, 0.6) is 0 Å². The topological polar surface area (TPSA) is 124 Å². The number of hydrogen-bond donors (Lipinski definition) is 4. The summed E-state index contributed by atoms with van der Waals surface area (Å²) in [5.41, 5.74) is 0.603. The molecule has 0 spiro atoms. The van der Waals surface area contributed by atoms with E-state index >= 15 is 0 Å². The summed E-state index contributed by atoms with van der Waals surface area (Å²) < 4.78 is 28.7. The Labute approximate surface area is 123 Å². The van der Waals surface area contributed by atoms with Gasteiger partial charge in [0.1, 0.15) is 0 Å². The van der Waals surface area contributed by atoms with Gasteiger partial charge < -0.3 is 0 Å². The predicted molar refractivity (Wildman–Crippen MR) is 80.7 cm³/mol. The average molecular weight is 338 g/mol. The molecule has 0 aromatic heterocycles. The van der Waals surface area contributed by atoms with Crippen molar-refractivity contribution >= 4 is 23.0 Å². The summed E-state index contributed by atoms with van der Waals surface area (Å²) >= 11 is 0. The standard InChI is InChI=1S/C12H19O7PS/c13-8-20(9-14,10-15,11-16)19-21(17,18)7-6-12-4-2-1-3-5-12/h1-7,13-16H,8-11H2. The van der Waals surface area contributed by atoms with Crippen molar-refractivity contribution in [3.63, 3.8) is 0 Å². The first-order chi connectivity index (χ1) is 9.84. The van der Waals surface area contributed by atoms with Gasteiger partial charge in [0.15, 0.2) is 0 Å². The molecular weight excluding hydrogens is 319 g/mol. The van der Waals surface area contributed by atoms with Gasteiger partial charge >= 0.3 is 123 Å². The van der Waals surface area contributed by atoms with Gasteiger partial charge in [0.2, 0.25) is 0 Å². The number of benzene rings is 1. The summed E-state index contributed by atoms with van der Waals surface area (Å²) in [6.07, 6.45) is -2.54. The van der Waals surface area contributed by atoms with Crippen LogP contribution in [0, 0.1) is 0 Å². The monoisotopic (exact) mass is 338 g/mol. The molecule has 0 unspecified atom stereocenters. The van der Waals surface area contributed by atoms with Gasteiger partial charge in [-0.15, -0.1) is 0 Å². The Kier molecular flexibility index (Phi) is 6.01. The molecule has 0 aliphatic heterocycles. The molecule has 7 nitrogen and oxygen atoms in total. The van der Waals surface area contributed by atoms with E-state index in [1.165, 1.54) is 6.08 Å². The zero-order valence-electron chi connectivity index (χ0n) is 11.2. The molecular formula is C12H19O7PS. The minimum atomic E-state index is -4.41. The number of rotatable bonds is 8. The Hall–Kier alpha value is -0.860. The van der Waals surface area contributed by atoms with Gasteiger partial charge in [0, 0.05) is 0 Å². The Morgan fingerprint density at radius 1 is 0.952 bits per heavy atom. The molecule has 4 N–H and O–H groups in total. The fraction of sp³-hybridized carbons (Fsp3) is 0.333. The van der Waals surface area contributed by atoms with Crippen molar-refractivity contribution in [1.29, 1.82) is 0 Å². The van der Waals surface area contributed by atoms with Crippen LogP contribution >= 0.6 is 6.83 Å². The second-order valence-corrected chi connectivity index (χ2v) is 11.4. The molecule has 0 amide bonds. The van der Waals surface area contributed by atoms with Gasteiger partial charge in [0.05, 0.1) is 0 Å². The Morgan fingerprint density at radius 2 is 1.43 bits per heavy atom. The van der Waals surface area contributed by atoms with Crippen LogP contribution in [0.25, 0.3) is 6.08 Å². The normalized spacial score (nSPS) is 15.0. The quantitative estimate of drug-likeness (QED) is 0.502. The third-order valence-corrected chi connectivity index (χ3v) is 8.82. The molecule has 0 aliphatic rings. The summed E-state index contributed by atoms with van der Waals surface area (Å²) in [5.74, 6) is 0. The van der Waals surface area contributed by atoms with E-state index in [-0.39, 0.29) is 0 Å². The summed E-state index contributed by atoms with van der Waals surface area (Å²) in [6.45, 7) is -4.41. The van der Waals surface area contributed by atoms with E-state index in [1.54, 1.807) is 30.3 Å². The summed E-state index contributed by atoms with van der Waals surface area (Å²) in [5, 5.41) is 38.1. The zero-order valence-corrected chi connectivity index (χ0v) is 12.9. The van der Waals surface area contributed by atoms with Crippen LogP contribution in [-0.2, 0) is 14.1 Å². The third kappa shape index (κ3) is 4.31. The number of aliphatic hydroxyl groups excluding tert-OH is 4. The van der Waals surface area contributed by atoms with E-state index in [2.05, 4.69) is 0 Å². The fourth-order valence-electron chi connectivity index (χ4n) is 1.41. The van der Waals surface area contributed by atoms with Crippen molar-refractivity contribution in [2.24, 2.45) is 0 Å². The van der Waals surface area contributed by atoms with Crippen molar-refractivity contribution in [2.45, 2.75) is 0 Å². The van der Waals surface area contributed by atoms with Crippen molar-refractivity contribution in [3.8, 4) is 0 Å². The van der Waals surface area contributed by atoms with Crippen molar-refractivity contribution in [1.82, 2.24) is 0 Å². The summed E-state index contributed by atoms with van der Waals surface area (Å²) in [7, 11) is -4.31. The first-order valence-electron chi connectivity index (χ1n) is 5.98. The van der Waals surface area contributed by atoms with E-state index in [9.17, 15) is 28.8 Å². The van der Waals surface area contributed by atoms with Crippen LogP contribution in [0.1, 0.15) is 5.56 Å². The van der Waals surface area contributed by atoms with E-state index in [1.807, 2.05) is 0 Å². The first kappa shape index (κ1) is 18.2. The summed E-state index contributed by atoms with van der Waals surface area (Å²) in [4.78, 5) is 0. The number of aliphatic hydroxyl groups is 4. The van der Waals surface area contributed by atoms with E-state index in [0.717, 1.165) is 5.41 Å². The van der Waals surface area contributed by atoms with E-state index in [4.69, 9.17) is 3.97 Å². The van der Waals surface area contributed by atoms with Crippen LogP contribution in [0.4, 0.5) is 0 Å². The molecule has 0 heterocycles. The van der Waals surface area contributed by atoms with Gasteiger partial charge in [0.25, 0.3) is 0 Å². The van der Waals surface area contributed by atoms with Gasteiger partial charge in [-0.25, -0.2) is 0 Å². The number of hydrogen-bond acceptors (Lipinski definition) is 7. The molecule has 0 atom stereocenters. The Morgan fingerprint density at radius 3 is 1.86 bits per heavy atom. The van der Waals surface area contributed by atoms with Crippen LogP contribution < -0.4 is 0 Å². The van der Waals surface area contributed by atoms with Gasteiger partial charge in [-0.2, -0.15) is 0 Å². The van der Waals surface area contributed by atoms with Crippen LogP contribution in [0.3, 0.4) is 0 Å². The van der Waals surface area contributed by atoms with Crippen LogP contribution in [0.2, 0.25) is 0 Å². The van der Waals surface area contributed by atoms with Crippen molar-refractivity contribution in [2.75, 3.05) is 25.4 Å². The van der Waals surface area contributed by atoms with Crippen LogP contribution in [-0.4, -0.2) is 54.2 Å². The Bertz CT molecular complexity index is 557. The predicted octanol–water partition coefficient (Wildman–Crippen LogP) is 0.271. The molecule has 0 saturated carbocycles. The summed E-state index contributed by atoms with van der Waals surface area (Å²) in [6, 6.07) is 8.54. The molecule has 1 aromatic carbocycles. The van der Waals surface area contributed by atoms with Crippen molar-refractivity contribution in [3.05, 3.63) is 41.3 Å². The van der Waals surface area contributed by atoms with Gasteiger partial charge in [-0.3, -0.25) is 0 Å². The van der Waals surface area contributed by atoms with E-state index in [0.29, 0.717) is 5.56 Å². The molecule has 120 valence electrons. The van der Waals surface area contributed by atoms with Gasteiger partial charge in [-0.05, 0) is 0 Å². The molecule has 0 fully saturated rings. The Balaban J connectivity index is 3.06. The zero-order chi connectivity index (χ0) is 16.0. The molecule has 9 heteroatoms. The molecule has 0 bridgehead atoms. The second kappa shape index (κ2) is 6.93. The molecule has 1 rings (SSSR count). The maximum absolute atomic E-state index is 11.9. The van der Waals surface area contributed by atoms with E-state index < -0.39 is 42.3 Å². The minimum absolute atomic E-state index is 0.603. The van der Waals surface area contributed by atoms with Crippen molar-refractivity contribution < 1.29 is 32.8 Å². The third-order valence-electron chi connectivity index (χ3n) is 2.97.